The SMILES string of the molecule is CCOC(=O)N1CCN(C(=NC)NCCc2nc(C)no2)CC1. The number of aliphatic imine (C=N–C) groups is 1. The molecule has 0 saturated carbocycles. The van der Waals surface area contributed by atoms with Gasteiger partial charge in [-0.15, -0.1) is 0 Å². The van der Waals surface area contributed by atoms with Crippen molar-refractivity contribution in [3.05, 3.63) is 11.7 Å². The largest absolute Gasteiger partial charge is 0.450 e. The number of guanidine groups is 1. The molecule has 0 aromatic carbocycles. The maximum absolute atomic E-state index is 11.7. The Bertz CT molecular complexity index is 536. The fourth-order valence-corrected chi connectivity index (χ4v) is 2.37. The van der Waals surface area contributed by atoms with E-state index in [9.17, 15) is 4.79 Å². The van der Waals surface area contributed by atoms with E-state index in [1.54, 1.807) is 18.9 Å². The fourth-order valence-electron chi connectivity index (χ4n) is 2.37. The van der Waals surface area contributed by atoms with Crippen LogP contribution in [0.2, 0.25) is 0 Å². The van der Waals surface area contributed by atoms with Crippen molar-refractivity contribution < 1.29 is 14.1 Å². The van der Waals surface area contributed by atoms with Gasteiger partial charge in [-0.25, -0.2) is 4.79 Å². The average Bonchev–Trinajstić information content (AvgIpc) is 2.97. The number of carbonyl (C=O) groups excluding carboxylic acids is 1. The summed E-state index contributed by atoms with van der Waals surface area (Å²) in [4.78, 5) is 24.0. The number of ether oxygens (including phenoxy) is 1. The number of nitrogens with one attached hydrogen (secondary N) is 1. The van der Waals surface area contributed by atoms with Crippen LogP contribution in [0.25, 0.3) is 0 Å². The molecule has 1 aliphatic heterocycles. The molecule has 1 aromatic heterocycles. The van der Waals surface area contributed by atoms with Crippen LogP contribution in [0, 0.1) is 6.92 Å². The van der Waals surface area contributed by atoms with E-state index in [-0.39, 0.29) is 6.09 Å². The zero-order valence-corrected chi connectivity index (χ0v) is 13.9. The molecule has 1 aromatic rings. The number of amides is 1. The molecule has 23 heavy (non-hydrogen) atoms. The molecule has 9 nitrogen and oxygen atoms in total. The highest BCUT2D eigenvalue weighted by Crippen LogP contribution is 2.04. The van der Waals surface area contributed by atoms with Gasteiger partial charge in [-0.3, -0.25) is 4.99 Å². The zero-order chi connectivity index (χ0) is 16.7. The molecule has 0 bridgehead atoms. The first kappa shape index (κ1) is 17.0. The van der Waals surface area contributed by atoms with Crippen LogP contribution in [0.3, 0.4) is 0 Å². The average molecular weight is 324 g/mol. The number of hydrogen-bond donors (Lipinski definition) is 1. The molecule has 0 radical (unpaired) electrons. The molecule has 1 fully saturated rings. The lowest BCUT2D eigenvalue weighted by Gasteiger charge is -2.35. The minimum absolute atomic E-state index is 0.248. The molecular weight excluding hydrogens is 300 g/mol. The Hall–Kier alpha value is -2.32. The van der Waals surface area contributed by atoms with Crippen molar-refractivity contribution in [3.63, 3.8) is 0 Å². The molecule has 0 aliphatic carbocycles. The summed E-state index contributed by atoms with van der Waals surface area (Å²) in [7, 11) is 1.75. The molecule has 2 rings (SSSR count). The maximum atomic E-state index is 11.7. The van der Waals surface area contributed by atoms with Gasteiger partial charge < -0.3 is 24.4 Å². The molecule has 0 unspecified atom stereocenters. The summed E-state index contributed by atoms with van der Waals surface area (Å²) in [6.07, 6.45) is 0.393. The van der Waals surface area contributed by atoms with Gasteiger partial charge in [-0.2, -0.15) is 4.98 Å². The van der Waals surface area contributed by atoms with E-state index in [0.717, 1.165) is 19.0 Å². The molecule has 2 heterocycles. The smallest absolute Gasteiger partial charge is 0.409 e. The zero-order valence-electron chi connectivity index (χ0n) is 13.9. The van der Waals surface area contributed by atoms with Gasteiger partial charge in [0.1, 0.15) is 0 Å². The van der Waals surface area contributed by atoms with Crippen LogP contribution >= 0.6 is 0 Å². The highest BCUT2D eigenvalue weighted by Gasteiger charge is 2.23. The molecule has 1 saturated heterocycles. The minimum atomic E-state index is -0.248. The Morgan fingerprint density at radius 3 is 2.61 bits per heavy atom. The highest BCUT2D eigenvalue weighted by molar-refractivity contribution is 5.80. The maximum Gasteiger partial charge on any atom is 0.409 e. The quantitative estimate of drug-likeness (QED) is 0.627. The molecule has 1 N–H and O–H groups in total. The van der Waals surface area contributed by atoms with Crippen LogP contribution in [-0.2, 0) is 11.2 Å². The minimum Gasteiger partial charge on any atom is -0.450 e. The van der Waals surface area contributed by atoms with E-state index in [2.05, 4.69) is 25.3 Å². The van der Waals surface area contributed by atoms with E-state index < -0.39 is 0 Å². The van der Waals surface area contributed by atoms with Crippen molar-refractivity contribution in [1.82, 2.24) is 25.3 Å². The molecule has 9 heteroatoms. The van der Waals surface area contributed by atoms with Gasteiger partial charge in [0.15, 0.2) is 11.8 Å². The van der Waals surface area contributed by atoms with Crippen LogP contribution in [0.15, 0.2) is 9.52 Å². The van der Waals surface area contributed by atoms with Crippen LogP contribution in [0.5, 0.6) is 0 Å². The summed E-state index contributed by atoms with van der Waals surface area (Å²) in [6.45, 7) is 7.36. The van der Waals surface area contributed by atoms with E-state index in [0.29, 0.717) is 44.4 Å². The van der Waals surface area contributed by atoms with Crippen LogP contribution < -0.4 is 5.32 Å². The second kappa shape index (κ2) is 8.35. The van der Waals surface area contributed by atoms with Gasteiger partial charge in [0.05, 0.1) is 6.61 Å². The van der Waals surface area contributed by atoms with Crippen molar-refractivity contribution in [2.75, 3.05) is 46.4 Å². The van der Waals surface area contributed by atoms with Crippen molar-refractivity contribution >= 4 is 12.1 Å². The first-order valence-electron chi connectivity index (χ1n) is 7.80. The summed E-state index contributed by atoms with van der Waals surface area (Å²) in [6, 6.07) is 0. The van der Waals surface area contributed by atoms with Gasteiger partial charge >= 0.3 is 6.09 Å². The lowest BCUT2D eigenvalue weighted by molar-refractivity contribution is 0.0914. The number of aryl methyl sites for hydroxylation is 1. The molecule has 0 spiro atoms. The molecular formula is C14H24N6O3. The normalized spacial score (nSPS) is 15.7. The number of aromatic nitrogens is 2. The molecule has 128 valence electrons. The summed E-state index contributed by atoms with van der Waals surface area (Å²) >= 11 is 0. The van der Waals surface area contributed by atoms with Crippen molar-refractivity contribution in [1.29, 1.82) is 0 Å². The van der Waals surface area contributed by atoms with E-state index in [4.69, 9.17) is 9.26 Å². The summed E-state index contributed by atoms with van der Waals surface area (Å²) < 4.78 is 10.1. The molecule has 1 aliphatic rings. The third-order valence-electron chi connectivity index (χ3n) is 3.51. The highest BCUT2D eigenvalue weighted by atomic mass is 16.6. The number of nitrogens with zero attached hydrogens (tertiary/aromatic N) is 5. The Morgan fingerprint density at radius 2 is 2.04 bits per heavy atom. The van der Waals surface area contributed by atoms with Gasteiger partial charge in [-0.05, 0) is 13.8 Å². The third kappa shape index (κ3) is 4.83. The van der Waals surface area contributed by atoms with E-state index >= 15 is 0 Å². The monoisotopic (exact) mass is 324 g/mol. The second-order valence-corrected chi connectivity index (χ2v) is 5.13. The Morgan fingerprint density at radius 1 is 1.35 bits per heavy atom. The van der Waals surface area contributed by atoms with Crippen LogP contribution in [0.4, 0.5) is 4.79 Å². The van der Waals surface area contributed by atoms with E-state index in [1.807, 2.05) is 6.92 Å². The predicted molar refractivity (Wildman–Crippen MR) is 84.3 cm³/mol. The third-order valence-corrected chi connectivity index (χ3v) is 3.51. The van der Waals surface area contributed by atoms with Gasteiger partial charge in [0, 0.05) is 46.2 Å². The van der Waals surface area contributed by atoms with E-state index in [1.165, 1.54) is 0 Å². The number of rotatable bonds is 4. The van der Waals surface area contributed by atoms with Crippen LogP contribution in [0.1, 0.15) is 18.6 Å². The summed E-state index contributed by atoms with van der Waals surface area (Å²) in [5.74, 6) is 2.06. The fraction of sp³-hybridized carbons (Fsp3) is 0.714. The van der Waals surface area contributed by atoms with Gasteiger partial charge in [-0.1, -0.05) is 5.16 Å². The van der Waals surface area contributed by atoms with Crippen molar-refractivity contribution in [2.24, 2.45) is 4.99 Å². The van der Waals surface area contributed by atoms with Gasteiger partial charge in [0.25, 0.3) is 0 Å². The first-order chi connectivity index (χ1) is 11.1. The van der Waals surface area contributed by atoms with Crippen LogP contribution in [-0.4, -0.2) is 78.4 Å². The van der Waals surface area contributed by atoms with Crippen molar-refractivity contribution in [2.45, 2.75) is 20.3 Å². The molecule has 0 atom stereocenters. The Kier molecular flexibility index (Phi) is 6.19. The first-order valence-corrected chi connectivity index (χ1v) is 7.80. The Balaban J connectivity index is 1.75. The standard InChI is InChI=1S/C14H24N6O3/c1-4-22-14(21)20-9-7-19(8-10-20)13(15-3)16-6-5-12-17-11(2)18-23-12/h4-10H2,1-3H3,(H,15,16). The Labute approximate surface area is 135 Å². The van der Waals surface area contributed by atoms with Gasteiger partial charge in [0.2, 0.25) is 5.89 Å². The summed E-state index contributed by atoms with van der Waals surface area (Å²) in [5, 5.41) is 7.04. The number of carbonyl (C=O) groups is 1. The topological polar surface area (TPSA) is 96.1 Å². The second-order valence-electron chi connectivity index (χ2n) is 5.13. The summed E-state index contributed by atoms with van der Waals surface area (Å²) in [5.41, 5.74) is 0. The number of piperazine rings is 1. The lowest BCUT2D eigenvalue weighted by atomic mass is 10.3. The molecule has 1 amide bonds. The number of hydrogen-bond acceptors (Lipinski definition) is 6. The predicted octanol–water partition coefficient (Wildman–Crippen LogP) is 0.270. The lowest BCUT2D eigenvalue weighted by Crippen LogP contribution is -2.54. The van der Waals surface area contributed by atoms with Crippen molar-refractivity contribution in [3.8, 4) is 0 Å².